The van der Waals surface area contributed by atoms with Gasteiger partial charge in [-0.3, -0.25) is 9.36 Å². The molecule has 1 N–H and O–H groups in total. The lowest BCUT2D eigenvalue weighted by Gasteiger charge is -2.04. The number of nitrogens with zero attached hydrogens (tertiary/aromatic N) is 4. The normalized spacial score (nSPS) is 11.4. The highest BCUT2D eigenvalue weighted by molar-refractivity contribution is 5.81. The molecule has 0 aliphatic rings. The van der Waals surface area contributed by atoms with Gasteiger partial charge in [0.1, 0.15) is 0 Å². The summed E-state index contributed by atoms with van der Waals surface area (Å²) >= 11 is 0. The van der Waals surface area contributed by atoms with Crippen molar-refractivity contribution in [1.82, 2.24) is 24.9 Å². The van der Waals surface area contributed by atoms with Crippen LogP contribution in [-0.2, 0) is 20.1 Å². The molecule has 2 aromatic heterocycles. The van der Waals surface area contributed by atoms with Crippen LogP contribution < -0.4 is 5.32 Å². The van der Waals surface area contributed by atoms with Crippen LogP contribution in [0.25, 0.3) is 10.9 Å². The molecule has 3 aromatic rings. The largest absolute Gasteiger partial charge is 0.316 e. The van der Waals surface area contributed by atoms with Crippen LogP contribution in [0.5, 0.6) is 0 Å². The first-order chi connectivity index (χ1) is 10.1. The minimum Gasteiger partial charge on any atom is -0.316 e. The summed E-state index contributed by atoms with van der Waals surface area (Å²) < 4.78 is 3.99. The van der Waals surface area contributed by atoms with Crippen LogP contribution in [0.3, 0.4) is 0 Å². The Kier molecular flexibility index (Phi) is 3.51. The smallest absolute Gasteiger partial charge is 0.0918 e. The molecule has 21 heavy (non-hydrogen) atoms. The molecule has 2 heterocycles. The van der Waals surface area contributed by atoms with Gasteiger partial charge in [-0.05, 0) is 27.0 Å². The number of fused-ring (bicyclic) bond motifs is 1. The van der Waals surface area contributed by atoms with Crippen LogP contribution in [0, 0.1) is 13.8 Å². The second kappa shape index (κ2) is 5.33. The number of hydrogen-bond acceptors (Lipinski definition) is 3. The third kappa shape index (κ3) is 2.34. The number of aryl methyl sites for hydroxylation is 2. The number of nitrogens with one attached hydrogen (secondary N) is 1. The van der Waals surface area contributed by atoms with Crippen molar-refractivity contribution in [2.24, 2.45) is 7.05 Å². The zero-order valence-corrected chi connectivity index (χ0v) is 13.0. The van der Waals surface area contributed by atoms with E-state index >= 15 is 0 Å². The highest BCUT2D eigenvalue weighted by Crippen LogP contribution is 2.20. The molecule has 0 aliphatic carbocycles. The summed E-state index contributed by atoms with van der Waals surface area (Å²) in [7, 11) is 3.95. The highest BCUT2D eigenvalue weighted by atomic mass is 15.3. The molecule has 0 bridgehead atoms. The maximum absolute atomic E-state index is 4.67. The number of hydrogen-bond donors (Lipinski definition) is 1. The number of para-hydroxylation sites is 1. The van der Waals surface area contributed by atoms with Crippen LogP contribution in [0.4, 0.5) is 0 Å². The summed E-state index contributed by atoms with van der Waals surface area (Å²) in [6.45, 7) is 5.74. The second-order valence-corrected chi connectivity index (χ2v) is 5.42. The Hall–Kier alpha value is -2.14. The van der Waals surface area contributed by atoms with Crippen LogP contribution in [0.1, 0.15) is 22.6 Å². The Morgan fingerprint density at radius 3 is 2.67 bits per heavy atom. The lowest BCUT2D eigenvalue weighted by atomic mass is 10.2. The van der Waals surface area contributed by atoms with Gasteiger partial charge in [-0.2, -0.15) is 10.2 Å². The summed E-state index contributed by atoms with van der Waals surface area (Å²) in [4.78, 5) is 0. The van der Waals surface area contributed by atoms with E-state index in [0.717, 1.165) is 23.4 Å². The Balaban J connectivity index is 2.01. The van der Waals surface area contributed by atoms with Crippen molar-refractivity contribution < 1.29 is 0 Å². The molecule has 0 unspecified atom stereocenters. The molecule has 5 heteroatoms. The van der Waals surface area contributed by atoms with Gasteiger partial charge in [-0.1, -0.05) is 18.2 Å². The Bertz CT molecular complexity index is 781. The Morgan fingerprint density at radius 2 is 1.90 bits per heavy atom. The van der Waals surface area contributed by atoms with Gasteiger partial charge in [0, 0.05) is 30.2 Å². The fraction of sp³-hybridized carbons (Fsp3) is 0.375. The van der Waals surface area contributed by atoms with Gasteiger partial charge >= 0.3 is 0 Å². The summed E-state index contributed by atoms with van der Waals surface area (Å²) in [5.74, 6) is 0. The van der Waals surface area contributed by atoms with Gasteiger partial charge < -0.3 is 5.32 Å². The molecule has 0 atom stereocenters. The third-order valence-corrected chi connectivity index (χ3v) is 4.02. The van der Waals surface area contributed by atoms with Gasteiger partial charge in [0.25, 0.3) is 0 Å². The molecular formula is C16H21N5. The van der Waals surface area contributed by atoms with E-state index in [1.54, 1.807) is 0 Å². The van der Waals surface area contributed by atoms with E-state index in [1.165, 1.54) is 16.6 Å². The first-order valence-electron chi connectivity index (χ1n) is 7.20. The zero-order chi connectivity index (χ0) is 15.0. The van der Waals surface area contributed by atoms with Crippen molar-refractivity contribution in [3.63, 3.8) is 0 Å². The van der Waals surface area contributed by atoms with E-state index in [1.807, 2.05) is 24.8 Å². The molecular weight excluding hydrogens is 262 g/mol. The van der Waals surface area contributed by atoms with Gasteiger partial charge in [0.2, 0.25) is 0 Å². The Morgan fingerprint density at radius 1 is 1.14 bits per heavy atom. The molecule has 0 fully saturated rings. The molecule has 0 radical (unpaired) electrons. The fourth-order valence-electron chi connectivity index (χ4n) is 2.87. The van der Waals surface area contributed by atoms with Crippen LogP contribution >= 0.6 is 0 Å². The van der Waals surface area contributed by atoms with Crippen LogP contribution in [0.15, 0.2) is 24.3 Å². The van der Waals surface area contributed by atoms with Gasteiger partial charge in [-0.25, -0.2) is 0 Å². The first kappa shape index (κ1) is 13.8. The van der Waals surface area contributed by atoms with E-state index < -0.39 is 0 Å². The van der Waals surface area contributed by atoms with Crippen LogP contribution in [-0.4, -0.2) is 26.6 Å². The van der Waals surface area contributed by atoms with Crippen molar-refractivity contribution in [3.05, 3.63) is 46.9 Å². The number of rotatable bonds is 4. The van der Waals surface area contributed by atoms with Gasteiger partial charge in [0.05, 0.1) is 23.4 Å². The van der Waals surface area contributed by atoms with Crippen molar-refractivity contribution >= 4 is 10.9 Å². The van der Waals surface area contributed by atoms with Crippen molar-refractivity contribution in [1.29, 1.82) is 0 Å². The van der Waals surface area contributed by atoms with Crippen molar-refractivity contribution in [2.45, 2.75) is 26.9 Å². The quantitative estimate of drug-likeness (QED) is 0.798. The number of benzene rings is 1. The minimum atomic E-state index is 0.706. The fourth-order valence-corrected chi connectivity index (χ4v) is 2.87. The van der Waals surface area contributed by atoms with Gasteiger partial charge in [-0.15, -0.1) is 0 Å². The second-order valence-electron chi connectivity index (χ2n) is 5.42. The molecule has 5 nitrogen and oxygen atoms in total. The molecule has 3 rings (SSSR count). The standard InChI is InChI=1S/C16H21N5/c1-11-14(9-17-3)12(2)21(18-11)10-15-13-7-5-6-8-16(13)20(4)19-15/h5-8,17H,9-10H2,1-4H3. The number of aromatic nitrogens is 4. The van der Waals surface area contributed by atoms with Crippen molar-refractivity contribution in [2.75, 3.05) is 7.05 Å². The average Bonchev–Trinajstić information content (AvgIpc) is 2.93. The van der Waals surface area contributed by atoms with Gasteiger partial charge in [0.15, 0.2) is 0 Å². The summed E-state index contributed by atoms with van der Waals surface area (Å²) in [6.07, 6.45) is 0. The molecule has 0 spiro atoms. The minimum absolute atomic E-state index is 0.706. The van der Waals surface area contributed by atoms with Crippen LogP contribution in [0.2, 0.25) is 0 Å². The van der Waals surface area contributed by atoms with E-state index in [9.17, 15) is 0 Å². The third-order valence-electron chi connectivity index (χ3n) is 4.02. The average molecular weight is 283 g/mol. The van der Waals surface area contributed by atoms with E-state index in [2.05, 4.69) is 52.2 Å². The molecule has 1 aromatic carbocycles. The zero-order valence-electron chi connectivity index (χ0n) is 13.0. The molecule has 0 aliphatic heterocycles. The van der Waals surface area contributed by atoms with E-state index in [0.29, 0.717) is 6.54 Å². The predicted molar refractivity (Wildman–Crippen MR) is 84.3 cm³/mol. The Labute approximate surface area is 124 Å². The maximum atomic E-state index is 4.67. The van der Waals surface area contributed by atoms with Crippen molar-refractivity contribution in [3.8, 4) is 0 Å². The molecule has 110 valence electrons. The summed E-state index contributed by atoms with van der Waals surface area (Å²) in [5, 5.41) is 13.7. The summed E-state index contributed by atoms with van der Waals surface area (Å²) in [6, 6.07) is 8.32. The van der Waals surface area contributed by atoms with E-state index in [-0.39, 0.29) is 0 Å². The first-order valence-corrected chi connectivity index (χ1v) is 7.20. The predicted octanol–water partition coefficient (Wildman–Crippen LogP) is 2.15. The monoisotopic (exact) mass is 283 g/mol. The SMILES string of the molecule is CNCc1c(C)nn(Cc2nn(C)c3ccccc23)c1C. The highest BCUT2D eigenvalue weighted by Gasteiger charge is 2.14. The molecule has 0 amide bonds. The molecule has 0 saturated carbocycles. The maximum Gasteiger partial charge on any atom is 0.0918 e. The lowest BCUT2D eigenvalue weighted by Crippen LogP contribution is -2.08. The molecule has 0 saturated heterocycles. The summed E-state index contributed by atoms with van der Waals surface area (Å²) in [5.41, 5.74) is 5.79. The lowest BCUT2D eigenvalue weighted by molar-refractivity contribution is 0.633. The van der Waals surface area contributed by atoms with E-state index in [4.69, 9.17) is 0 Å². The topological polar surface area (TPSA) is 47.7 Å².